The molecule has 1 aliphatic rings. The lowest BCUT2D eigenvalue weighted by atomic mass is 9.95. The number of aromatic nitrogens is 1. The number of amides is 1. The van der Waals surface area contributed by atoms with E-state index in [2.05, 4.69) is 10.3 Å². The quantitative estimate of drug-likeness (QED) is 0.781. The van der Waals surface area contributed by atoms with Gasteiger partial charge < -0.3 is 10.1 Å². The molecule has 1 heterocycles. The summed E-state index contributed by atoms with van der Waals surface area (Å²) in [6.07, 6.45) is 6.06. The van der Waals surface area contributed by atoms with Crippen molar-refractivity contribution < 1.29 is 9.53 Å². The van der Waals surface area contributed by atoms with Crippen LogP contribution in [0.1, 0.15) is 24.1 Å². The van der Waals surface area contributed by atoms with Crippen molar-refractivity contribution in [1.29, 1.82) is 0 Å². The Balaban J connectivity index is 1.46. The van der Waals surface area contributed by atoms with Crippen LogP contribution in [0, 0.1) is 0 Å². The molecule has 4 rings (SSSR count). The van der Waals surface area contributed by atoms with Crippen molar-refractivity contribution in [2.45, 2.75) is 25.7 Å². The Hall–Kier alpha value is -2.88. The summed E-state index contributed by atoms with van der Waals surface area (Å²) in [6.45, 7) is -0.000323. The third-order valence-electron chi connectivity index (χ3n) is 4.61. The van der Waals surface area contributed by atoms with Crippen molar-refractivity contribution in [3.05, 3.63) is 66.0 Å². The largest absolute Gasteiger partial charge is 0.483 e. The number of fused-ring (bicyclic) bond motifs is 2. The number of nitrogens with one attached hydrogen (secondary N) is 1. The van der Waals surface area contributed by atoms with Gasteiger partial charge in [-0.25, -0.2) is 0 Å². The highest BCUT2D eigenvalue weighted by Gasteiger charge is 2.16. The molecule has 0 unspecified atom stereocenters. The molecular formula is C21H20N2O2. The van der Waals surface area contributed by atoms with Crippen LogP contribution in [-0.4, -0.2) is 17.5 Å². The van der Waals surface area contributed by atoms with Gasteiger partial charge in [-0.2, -0.15) is 0 Å². The molecule has 0 atom stereocenters. The average molecular weight is 332 g/mol. The Morgan fingerprint density at radius 2 is 1.88 bits per heavy atom. The molecule has 126 valence electrons. The van der Waals surface area contributed by atoms with Gasteiger partial charge in [0.15, 0.2) is 6.61 Å². The zero-order valence-corrected chi connectivity index (χ0v) is 14.0. The maximum Gasteiger partial charge on any atom is 0.262 e. The van der Waals surface area contributed by atoms with E-state index in [1.165, 1.54) is 6.42 Å². The smallest absolute Gasteiger partial charge is 0.262 e. The molecule has 0 aliphatic heterocycles. The molecule has 0 radical (unpaired) electrons. The number of ether oxygens (including phenoxy) is 1. The van der Waals surface area contributed by atoms with Gasteiger partial charge in [-0.3, -0.25) is 9.78 Å². The van der Waals surface area contributed by atoms with Gasteiger partial charge >= 0.3 is 0 Å². The number of hydrogen-bond donors (Lipinski definition) is 1. The van der Waals surface area contributed by atoms with Crippen molar-refractivity contribution in [2.75, 3.05) is 11.9 Å². The van der Waals surface area contributed by atoms with Crippen LogP contribution in [0.25, 0.3) is 10.8 Å². The van der Waals surface area contributed by atoms with Gasteiger partial charge in [0, 0.05) is 28.5 Å². The number of carbonyl (C=O) groups excluding carboxylic acids is 1. The second-order valence-electron chi connectivity index (χ2n) is 6.31. The van der Waals surface area contributed by atoms with Crippen molar-refractivity contribution in [3.8, 4) is 5.75 Å². The minimum Gasteiger partial charge on any atom is -0.483 e. The predicted octanol–water partition coefficient (Wildman–Crippen LogP) is 4.13. The Labute approximate surface area is 146 Å². The lowest BCUT2D eigenvalue weighted by Gasteiger charge is -2.18. The second-order valence-corrected chi connectivity index (χ2v) is 6.31. The fourth-order valence-electron chi connectivity index (χ4n) is 3.39. The van der Waals surface area contributed by atoms with Crippen LogP contribution in [0.4, 0.5) is 5.69 Å². The number of hydrogen-bond acceptors (Lipinski definition) is 3. The molecule has 3 aromatic rings. The van der Waals surface area contributed by atoms with E-state index >= 15 is 0 Å². The van der Waals surface area contributed by atoms with E-state index in [0.717, 1.165) is 52.7 Å². The standard InChI is InChI=1S/C21H20N2O2/c24-21(23-19-11-5-7-15-6-1-2-8-16(15)19)14-25-20-12-13-22-18-10-4-3-9-17(18)20/h1-2,5-8,11-13H,3-4,9-10,14H2,(H,23,24). The van der Waals surface area contributed by atoms with E-state index in [1.54, 1.807) is 6.20 Å². The van der Waals surface area contributed by atoms with Gasteiger partial charge in [-0.15, -0.1) is 0 Å². The highest BCUT2D eigenvalue weighted by molar-refractivity contribution is 6.02. The zero-order valence-electron chi connectivity index (χ0n) is 14.0. The first-order valence-corrected chi connectivity index (χ1v) is 8.68. The minimum absolute atomic E-state index is 0.000323. The van der Waals surface area contributed by atoms with Crippen LogP contribution in [0.15, 0.2) is 54.7 Å². The number of aryl methyl sites for hydroxylation is 1. The monoisotopic (exact) mass is 332 g/mol. The zero-order chi connectivity index (χ0) is 17.1. The van der Waals surface area contributed by atoms with E-state index < -0.39 is 0 Å². The summed E-state index contributed by atoms with van der Waals surface area (Å²) in [5.41, 5.74) is 3.08. The van der Waals surface area contributed by atoms with Crippen molar-refractivity contribution >= 4 is 22.4 Å². The first-order valence-electron chi connectivity index (χ1n) is 8.68. The molecule has 4 nitrogen and oxygen atoms in total. The lowest BCUT2D eigenvalue weighted by Crippen LogP contribution is -2.21. The third-order valence-corrected chi connectivity index (χ3v) is 4.61. The summed E-state index contributed by atoms with van der Waals surface area (Å²) in [7, 11) is 0. The van der Waals surface area contributed by atoms with Crippen LogP contribution < -0.4 is 10.1 Å². The molecule has 25 heavy (non-hydrogen) atoms. The van der Waals surface area contributed by atoms with E-state index in [0.29, 0.717) is 0 Å². The molecule has 0 spiro atoms. The van der Waals surface area contributed by atoms with Crippen LogP contribution in [-0.2, 0) is 17.6 Å². The van der Waals surface area contributed by atoms with Gasteiger partial charge in [0.05, 0.1) is 0 Å². The van der Waals surface area contributed by atoms with Gasteiger partial charge in [0.25, 0.3) is 5.91 Å². The molecule has 0 bridgehead atoms. The molecular weight excluding hydrogens is 312 g/mol. The fourth-order valence-corrected chi connectivity index (χ4v) is 3.39. The molecule has 2 aromatic carbocycles. The fraction of sp³-hybridized carbons (Fsp3) is 0.238. The number of nitrogens with zero attached hydrogens (tertiary/aromatic N) is 1. The number of pyridine rings is 1. The highest BCUT2D eigenvalue weighted by atomic mass is 16.5. The second kappa shape index (κ2) is 6.93. The van der Waals surface area contributed by atoms with Gasteiger partial charge in [0.1, 0.15) is 5.75 Å². The average Bonchev–Trinajstić information content (AvgIpc) is 2.66. The molecule has 0 saturated heterocycles. The maximum absolute atomic E-state index is 12.3. The SMILES string of the molecule is O=C(COc1ccnc2c1CCCC2)Nc1cccc2ccccc12. The first-order chi connectivity index (χ1) is 12.3. The predicted molar refractivity (Wildman–Crippen MR) is 99.0 cm³/mol. The maximum atomic E-state index is 12.3. The van der Waals surface area contributed by atoms with E-state index in [-0.39, 0.29) is 12.5 Å². The Morgan fingerprint density at radius 1 is 1.04 bits per heavy atom. The summed E-state index contributed by atoms with van der Waals surface area (Å²) in [5.74, 6) is 0.635. The number of carbonyl (C=O) groups is 1. The van der Waals surface area contributed by atoms with Gasteiger partial charge in [-0.1, -0.05) is 36.4 Å². The molecule has 1 aromatic heterocycles. The summed E-state index contributed by atoms with van der Waals surface area (Å²) in [4.78, 5) is 16.8. The molecule has 1 amide bonds. The van der Waals surface area contributed by atoms with E-state index in [9.17, 15) is 4.79 Å². The van der Waals surface area contributed by atoms with E-state index in [1.807, 2.05) is 48.5 Å². The summed E-state index contributed by atoms with van der Waals surface area (Å²) in [6, 6.07) is 15.7. The summed E-state index contributed by atoms with van der Waals surface area (Å²) in [5, 5.41) is 5.08. The van der Waals surface area contributed by atoms with Crippen LogP contribution >= 0.6 is 0 Å². The molecule has 1 N–H and O–H groups in total. The van der Waals surface area contributed by atoms with Crippen molar-refractivity contribution in [1.82, 2.24) is 4.98 Å². The van der Waals surface area contributed by atoms with Crippen LogP contribution in [0.5, 0.6) is 5.75 Å². The Kier molecular flexibility index (Phi) is 4.34. The van der Waals surface area contributed by atoms with Crippen molar-refractivity contribution in [3.63, 3.8) is 0 Å². The summed E-state index contributed by atoms with van der Waals surface area (Å²) < 4.78 is 5.80. The first kappa shape index (κ1) is 15.6. The number of anilines is 1. The molecule has 4 heteroatoms. The number of benzene rings is 2. The van der Waals surface area contributed by atoms with Crippen molar-refractivity contribution in [2.24, 2.45) is 0 Å². The number of rotatable bonds is 4. The van der Waals surface area contributed by atoms with E-state index in [4.69, 9.17) is 4.74 Å². The Morgan fingerprint density at radius 3 is 2.84 bits per heavy atom. The topological polar surface area (TPSA) is 51.2 Å². The van der Waals surface area contributed by atoms with Gasteiger partial charge in [-0.05, 0) is 43.2 Å². The van der Waals surface area contributed by atoms with Crippen LogP contribution in [0.2, 0.25) is 0 Å². The van der Waals surface area contributed by atoms with Crippen LogP contribution in [0.3, 0.4) is 0 Å². The molecule has 1 aliphatic carbocycles. The molecule has 0 saturated carbocycles. The summed E-state index contributed by atoms with van der Waals surface area (Å²) >= 11 is 0. The highest BCUT2D eigenvalue weighted by Crippen LogP contribution is 2.28. The lowest BCUT2D eigenvalue weighted by molar-refractivity contribution is -0.118. The minimum atomic E-state index is -0.155. The molecule has 0 fully saturated rings. The third kappa shape index (κ3) is 3.33. The van der Waals surface area contributed by atoms with Gasteiger partial charge in [0.2, 0.25) is 0 Å². The normalized spacial score (nSPS) is 13.3. The Bertz CT molecular complexity index is 915.